The number of rotatable bonds is 8. The zero-order chi connectivity index (χ0) is 22.9. The second-order valence-electron chi connectivity index (χ2n) is 6.58. The standard InChI is InChI=1S/C24H19N3O5/c1-31-23-12-11-20(27(29)30)14-21(23)26-24(28)19(15-25)13-18-9-5-6-10-22(18)32-16-17-7-3-2-4-8-17/h2-14H,16H2,1H3,(H,26,28)/b19-13+. The number of carbonyl (C=O) groups excluding carboxylic acids is 1. The first-order valence-corrected chi connectivity index (χ1v) is 9.53. The molecule has 8 nitrogen and oxygen atoms in total. The molecule has 0 atom stereocenters. The van der Waals surface area contributed by atoms with Crippen LogP contribution in [0.5, 0.6) is 11.5 Å². The van der Waals surface area contributed by atoms with Crippen molar-refractivity contribution in [1.29, 1.82) is 5.26 Å². The molecule has 0 fully saturated rings. The average molecular weight is 429 g/mol. The lowest BCUT2D eigenvalue weighted by Crippen LogP contribution is -2.14. The minimum Gasteiger partial charge on any atom is -0.495 e. The average Bonchev–Trinajstić information content (AvgIpc) is 2.82. The highest BCUT2D eigenvalue weighted by Crippen LogP contribution is 2.29. The monoisotopic (exact) mass is 429 g/mol. The van der Waals surface area contributed by atoms with E-state index in [0.29, 0.717) is 17.9 Å². The number of nitrogens with zero attached hydrogens (tertiary/aromatic N) is 2. The number of amides is 1. The third kappa shape index (κ3) is 5.49. The van der Waals surface area contributed by atoms with Gasteiger partial charge in [-0.25, -0.2) is 0 Å². The van der Waals surface area contributed by atoms with Crippen LogP contribution in [0.4, 0.5) is 11.4 Å². The number of non-ortho nitro benzene ring substituents is 1. The molecule has 0 aromatic heterocycles. The summed E-state index contributed by atoms with van der Waals surface area (Å²) >= 11 is 0. The van der Waals surface area contributed by atoms with Gasteiger partial charge in [-0.3, -0.25) is 14.9 Å². The summed E-state index contributed by atoms with van der Waals surface area (Å²) < 4.78 is 11.0. The number of benzene rings is 3. The van der Waals surface area contributed by atoms with Gasteiger partial charge < -0.3 is 14.8 Å². The van der Waals surface area contributed by atoms with Gasteiger partial charge in [-0.15, -0.1) is 0 Å². The van der Waals surface area contributed by atoms with Gasteiger partial charge in [-0.1, -0.05) is 48.5 Å². The van der Waals surface area contributed by atoms with E-state index in [1.807, 2.05) is 36.4 Å². The molecule has 0 aliphatic carbocycles. The molecule has 0 heterocycles. The number of hydrogen-bond acceptors (Lipinski definition) is 6. The summed E-state index contributed by atoms with van der Waals surface area (Å²) in [5.41, 5.74) is 1.18. The molecule has 3 rings (SSSR count). The van der Waals surface area contributed by atoms with Crippen molar-refractivity contribution in [2.24, 2.45) is 0 Å². The van der Waals surface area contributed by atoms with Crippen molar-refractivity contribution in [3.8, 4) is 17.6 Å². The maximum absolute atomic E-state index is 12.7. The predicted octanol–water partition coefficient (Wildman–Crippen LogP) is 4.73. The SMILES string of the molecule is COc1ccc([N+](=O)[O-])cc1NC(=O)/C(C#N)=C/c1ccccc1OCc1ccccc1. The van der Waals surface area contributed by atoms with Crippen LogP contribution in [0.3, 0.4) is 0 Å². The zero-order valence-corrected chi connectivity index (χ0v) is 17.1. The van der Waals surface area contributed by atoms with Gasteiger partial charge in [-0.2, -0.15) is 5.26 Å². The Morgan fingerprint density at radius 2 is 1.81 bits per heavy atom. The summed E-state index contributed by atoms with van der Waals surface area (Å²) in [4.78, 5) is 23.2. The van der Waals surface area contributed by atoms with E-state index < -0.39 is 10.8 Å². The molecule has 0 saturated heterocycles. The van der Waals surface area contributed by atoms with Crippen LogP contribution in [0.25, 0.3) is 6.08 Å². The quantitative estimate of drug-likeness (QED) is 0.240. The maximum Gasteiger partial charge on any atom is 0.271 e. The zero-order valence-electron chi connectivity index (χ0n) is 17.1. The second kappa shape index (κ2) is 10.4. The van der Waals surface area contributed by atoms with Gasteiger partial charge in [0.05, 0.1) is 17.7 Å². The van der Waals surface area contributed by atoms with Crippen molar-refractivity contribution in [3.05, 3.63) is 99.6 Å². The third-order valence-electron chi connectivity index (χ3n) is 4.46. The highest BCUT2D eigenvalue weighted by Gasteiger charge is 2.17. The number of anilines is 1. The summed E-state index contributed by atoms with van der Waals surface area (Å²) in [6.45, 7) is 0.324. The van der Waals surface area contributed by atoms with Crippen molar-refractivity contribution in [1.82, 2.24) is 0 Å². The number of nitrogens with one attached hydrogen (secondary N) is 1. The number of para-hydroxylation sites is 1. The fourth-order valence-electron chi connectivity index (χ4n) is 2.87. The number of ether oxygens (including phenoxy) is 2. The van der Waals surface area contributed by atoms with Crippen molar-refractivity contribution in [2.45, 2.75) is 6.61 Å². The molecule has 8 heteroatoms. The lowest BCUT2D eigenvalue weighted by atomic mass is 10.1. The molecule has 0 bridgehead atoms. The Balaban J connectivity index is 1.84. The summed E-state index contributed by atoms with van der Waals surface area (Å²) in [5.74, 6) is 0.00169. The molecule has 0 aliphatic rings. The Hall–Kier alpha value is -4.64. The van der Waals surface area contributed by atoms with Gasteiger partial charge in [0.2, 0.25) is 0 Å². The van der Waals surface area contributed by atoms with Crippen LogP contribution in [0.1, 0.15) is 11.1 Å². The van der Waals surface area contributed by atoms with Gasteiger partial charge in [0.25, 0.3) is 11.6 Å². The number of hydrogen-bond donors (Lipinski definition) is 1. The summed E-state index contributed by atoms with van der Waals surface area (Å²) in [7, 11) is 1.37. The van der Waals surface area contributed by atoms with Crippen molar-refractivity contribution in [2.75, 3.05) is 12.4 Å². The van der Waals surface area contributed by atoms with Crippen LogP contribution in [-0.2, 0) is 11.4 Å². The van der Waals surface area contributed by atoms with Crippen molar-refractivity contribution >= 4 is 23.4 Å². The van der Waals surface area contributed by atoms with E-state index in [1.54, 1.807) is 24.3 Å². The predicted molar refractivity (Wildman–Crippen MR) is 119 cm³/mol. The molecule has 0 unspecified atom stereocenters. The normalized spacial score (nSPS) is 10.7. The Labute approximate surface area is 184 Å². The third-order valence-corrected chi connectivity index (χ3v) is 4.46. The Kier molecular flexibility index (Phi) is 7.17. The van der Waals surface area contributed by atoms with E-state index >= 15 is 0 Å². The maximum atomic E-state index is 12.7. The molecule has 3 aromatic carbocycles. The Morgan fingerprint density at radius 3 is 2.50 bits per heavy atom. The highest BCUT2D eigenvalue weighted by atomic mass is 16.6. The highest BCUT2D eigenvalue weighted by molar-refractivity contribution is 6.10. The molecule has 0 saturated carbocycles. The molecule has 0 radical (unpaired) electrons. The number of nitriles is 1. The van der Waals surface area contributed by atoms with Crippen molar-refractivity contribution < 1.29 is 19.2 Å². The van der Waals surface area contributed by atoms with E-state index in [-0.39, 0.29) is 22.7 Å². The molecule has 1 amide bonds. The minimum absolute atomic E-state index is 0.0847. The minimum atomic E-state index is -0.732. The number of nitro benzene ring substituents is 1. The second-order valence-corrected chi connectivity index (χ2v) is 6.58. The molecule has 160 valence electrons. The number of methoxy groups -OCH3 is 1. The molecule has 1 N–H and O–H groups in total. The fraction of sp³-hybridized carbons (Fsp3) is 0.0833. The summed E-state index contributed by atoms with van der Waals surface area (Å²) in [5, 5.41) is 23.1. The van der Waals surface area contributed by atoms with E-state index in [9.17, 15) is 20.2 Å². The molecule has 32 heavy (non-hydrogen) atoms. The van der Waals surface area contributed by atoms with Gasteiger partial charge in [0.15, 0.2) is 0 Å². The Morgan fingerprint density at radius 1 is 1.09 bits per heavy atom. The van der Waals surface area contributed by atoms with Gasteiger partial charge >= 0.3 is 0 Å². The molecule has 0 spiro atoms. The first kappa shape index (κ1) is 22.1. The van der Waals surface area contributed by atoms with Crippen LogP contribution in [-0.4, -0.2) is 17.9 Å². The number of nitro groups is 1. The van der Waals surface area contributed by atoms with Crippen LogP contribution < -0.4 is 14.8 Å². The smallest absolute Gasteiger partial charge is 0.271 e. The molecule has 0 aliphatic heterocycles. The first-order chi connectivity index (χ1) is 15.5. The molecule has 3 aromatic rings. The molecular formula is C24H19N3O5. The van der Waals surface area contributed by atoms with Crippen molar-refractivity contribution in [3.63, 3.8) is 0 Å². The van der Waals surface area contributed by atoms with Gasteiger partial charge in [0, 0.05) is 17.7 Å². The number of carbonyl (C=O) groups is 1. The van der Waals surface area contributed by atoms with E-state index in [1.165, 1.54) is 31.4 Å². The largest absolute Gasteiger partial charge is 0.495 e. The first-order valence-electron chi connectivity index (χ1n) is 9.53. The van der Waals surface area contributed by atoms with E-state index in [4.69, 9.17) is 9.47 Å². The van der Waals surface area contributed by atoms with Crippen LogP contribution in [0.2, 0.25) is 0 Å². The van der Waals surface area contributed by atoms with Gasteiger partial charge in [-0.05, 0) is 23.8 Å². The molecular weight excluding hydrogens is 410 g/mol. The van der Waals surface area contributed by atoms with Gasteiger partial charge in [0.1, 0.15) is 29.7 Å². The van der Waals surface area contributed by atoms with Crippen LogP contribution in [0.15, 0.2) is 78.4 Å². The fourth-order valence-corrected chi connectivity index (χ4v) is 2.87. The van der Waals surface area contributed by atoms with Crippen LogP contribution >= 0.6 is 0 Å². The van der Waals surface area contributed by atoms with Crippen LogP contribution in [0, 0.1) is 21.4 Å². The van der Waals surface area contributed by atoms with E-state index in [2.05, 4.69) is 5.32 Å². The topological polar surface area (TPSA) is 114 Å². The Bertz CT molecular complexity index is 1200. The van der Waals surface area contributed by atoms with E-state index in [0.717, 1.165) is 5.56 Å². The summed E-state index contributed by atoms with van der Waals surface area (Å²) in [6.07, 6.45) is 1.40. The lowest BCUT2D eigenvalue weighted by Gasteiger charge is -2.11. The lowest BCUT2D eigenvalue weighted by molar-refractivity contribution is -0.384. The summed E-state index contributed by atoms with van der Waals surface area (Å²) in [6, 6.07) is 22.3.